The topological polar surface area (TPSA) is 154 Å². The molecule has 4 rings (SSSR count). The van der Waals surface area contributed by atoms with E-state index < -0.39 is 48.1 Å². The number of ether oxygens (including phenoxy) is 2. The van der Waals surface area contributed by atoms with Gasteiger partial charge in [-0.15, -0.1) is 0 Å². The fraction of sp³-hybridized carbons (Fsp3) is 0.217. The lowest BCUT2D eigenvalue weighted by molar-refractivity contribution is -0.0812. The maximum Gasteiger partial charge on any atom is 0.351 e. The van der Waals surface area contributed by atoms with Crippen molar-refractivity contribution in [1.82, 2.24) is 9.55 Å². The zero-order valence-corrected chi connectivity index (χ0v) is 17.2. The number of esters is 1. The number of aliphatic hydroxyl groups is 2. The number of aliphatic hydroxyl groups excluding tert-OH is 2. The molecule has 1 unspecified atom stereocenters. The molecule has 1 aliphatic rings. The predicted octanol–water partition coefficient (Wildman–Crippen LogP) is 0.553. The molecule has 1 aromatic heterocycles. The molecule has 0 radical (unpaired) electrons. The number of carbonyl (C=O) groups is 2. The second-order valence-corrected chi connectivity index (χ2v) is 7.44. The number of carbonyl (C=O) groups excluding carboxylic acids is 2. The van der Waals surface area contributed by atoms with Gasteiger partial charge >= 0.3 is 11.7 Å². The van der Waals surface area contributed by atoms with Crippen molar-refractivity contribution >= 4 is 17.6 Å². The number of nitrogens with two attached hydrogens (primary N) is 1. The van der Waals surface area contributed by atoms with E-state index in [0.29, 0.717) is 0 Å². The highest BCUT2D eigenvalue weighted by Gasteiger charge is 2.51. The number of Topliss-reactive ketones (excluding diaryl/α,β-unsaturated/α-hetero) is 1. The highest BCUT2D eigenvalue weighted by atomic mass is 16.6. The molecule has 2 aromatic carbocycles. The zero-order chi connectivity index (χ0) is 23.5. The summed E-state index contributed by atoms with van der Waals surface area (Å²) in [5, 5.41) is 21.3. The first-order valence-electron chi connectivity index (χ1n) is 10.1. The lowest BCUT2D eigenvalue weighted by atomic mass is 9.97. The number of anilines is 1. The van der Waals surface area contributed by atoms with Crippen molar-refractivity contribution in [2.45, 2.75) is 30.6 Å². The van der Waals surface area contributed by atoms with Crippen LogP contribution in [0, 0.1) is 0 Å². The molecule has 170 valence electrons. The van der Waals surface area contributed by atoms with Crippen molar-refractivity contribution in [3.8, 4) is 0 Å². The van der Waals surface area contributed by atoms with Crippen molar-refractivity contribution in [1.29, 1.82) is 0 Å². The van der Waals surface area contributed by atoms with Crippen molar-refractivity contribution in [2.75, 3.05) is 5.73 Å². The van der Waals surface area contributed by atoms with Crippen LogP contribution in [0.4, 0.5) is 5.82 Å². The van der Waals surface area contributed by atoms with Gasteiger partial charge in [-0.25, -0.2) is 9.59 Å². The van der Waals surface area contributed by atoms with E-state index in [0.717, 1.165) is 4.57 Å². The quantitative estimate of drug-likeness (QED) is 0.360. The number of benzene rings is 2. The first kappa shape index (κ1) is 22.3. The Morgan fingerprint density at radius 3 is 2.18 bits per heavy atom. The van der Waals surface area contributed by atoms with Crippen LogP contribution in [0.15, 0.2) is 77.7 Å². The summed E-state index contributed by atoms with van der Waals surface area (Å²) in [6, 6.07) is 17.3. The van der Waals surface area contributed by atoms with E-state index in [9.17, 15) is 24.6 Å². The third-order valence-electron chi connectivity index (χ3n) is 5.26. The van der Waals surface area contributed by atoms with Crippen molar-refractivity contribution in [2.24, 2.45) is 0 Å². The van der Waals surface area contributed by atoms with Crippen LogP contribution < -0.4 is 11.4 Å². The number of hydrogen-bond donors (Lipinski definition) is 3. The van der Waals surface area contributed by atoms with E-state index in [1.807, 2.05) is 0 Å². The molecule has 10 heteroatoms. The summed E-state index contributed by atoms with van der Waals surface area (Å²) in [5.41, 5.74) is 5.08. The summed E-state index contributed by atoms with van der Waals surface area (Å²) in [6.07, 6.45) is -6.47. The number of nitrogen functional groups attached to an aromatic ring is 1. The van der Waals surface area contributed by atoms with Gasteiger partial charge in [-0.05, 0) is 18.2 Å². The standard InChI is InChI=1S/C23H21N3O7/c24-15-11-12-26(23(31)25-15)21-18(29)17(28)20(32-21)19(16(27)13-7-3-1-4-8-13)33-22(30)14-9-5-2-6-10-14/h1-12,17-21,28-29H,(H2,24,25,31)/t17-,18+,19?,20-,21+/m0/s1. The van der Waals surface area contributed by atoms with Gasteiger partial charge in [-0.3, -0.25) is 9.36 Å². The minimum atomic E-state index is -1.65. The maximum absolute atomic E-state index is 13.3. The second-order valence-electron chi connectivity index (χ2n) is 7.44. The van der Waals surface area contributed by atoms with E-state index in [2.05, 4.69) is 4.98 Å². The molecule has 1 fully saturated rings. The summed E-state index contributed by atoms with van der Waals surface area (Å²) in [4.78, 5) is 41.8. The Hall–Kier alpha value is -3.86. The fourth-order valence-corrected chi connectivity index (χ4v) is 3.58. The lowest BCUT2D eigenvalue weighted by Crippen LogP contribution is -2.45. The Balaban J connectivity index is 1.67. The molecule has 2 heterocycles. The first-order valence-corrected chi connectivity index (χ1v) is 10.1. The van der Waals surface area contributed by atoms with Crippen LogP contribution in [0.5, 0.6) is 0 Å². The van der Waals surface area contributed by atoms with Gasteiger partial charge in [0.05, 0.1) is 5.56 Å². The Morgan fingerprint density at radius 1 is 0.970 bits per heavy atom. The molecule has 1 saturated heterocycles. The number of aromatic nitrogens is 2. The Kier molecular flexibility index (Phi) is 6.31. The molecule has 0 aliphatic carbocycles. The minimum Gasteiger partial charge on any atom is -0.447 e. The van der Waals surface area contributed by atoms with E-state index in [1.165, 1.54) is 36.5 Å². The van der Waals surface area contributed by atoms with E-state index >= 15 is 0 Å². The summed E-state index contributed by atoms with van der Waals surface area (Å²) in [7, 11) is 0. The molecule has 0 saturated carbocycles. The van der Waals surface area contributed by atoms with Crippen LogP contribution in [0.25, 0.3) is 0 Å². The first-order chi connectivity index (χ1) is 15.9. The molecule has 0 spiro atoms. The summed E-state index contributed by atoms with van der Waals surface area (Å²) < 4.78 is 12.1. The molecular formula is C23H21N3O7. The molecule has 0 amide bonds. The molecule has 4 N–H and O–H groups in total. The van der Waals surface area contributed by atoms with Gasteiger partial charge in [-0.2, -0.15) is 4.98 Å². The van der Waals surface area contributed by atoms with Gasteiger partial charge < -0.3 is 25.4 Å². The lowest BCUT2D eigenvalue weighted by Gasteiger charge is -2.25. The monoisotopic (exact) mass is 451 g/mol. The second kappa shape index (κ2) is 9.33. The highest BCUT2D eigenvalue weighted by molar-refractivity contribution is 6.02. The van der Waals surface area contributed by atoms with E-state index in [-0.39, 0.29) is 16.9 Å². The number of hydrogen-bond acceptors (Lipinski definition) is 9. The molecular weight excluding hydrogens is 430 g/mol. The number of rotatable bonds is 6. The maximum atomic E-state index is 13.3. The van der Waals surface area contributed by atoms with Crippen LogP contribution in [0.2, 0.25) is 0 Å². The summed E-state index contributed by atoms with van der Waals surface area (Å²) in [6.45, 7) is 0. The Morgan fingerprint density at radius 2 is 1.58 bits per heavy atom. The van der Waals surface area contributed by atoms with Gasteiger partial charge in [0.25, 0.3) is 0 Å². The third-order valence-corrected chi connectivity index (χ3v) is 5.26. The molecule has 0 bridgehead atoms. The zero-order valence-electron chi connectivity index (χ0n) is 17.2. The SMILES string of the molecule is Nc1ccn([C@@H]2O[C@H](C(OC(=O)c3ccccc3)C(=O)c3ccccc3)[C@@H](O)[C@H]2O)c(=O)n1. The summed E-state index contributed by atoms with van der Waals surface area (Å²) in [5.74, 6) is -1.49. The average molecular weight is 451 g/mol. The molecule has 33 heavy (non-hydrogen) atoms. The molecule has 1 aliphatic heterocycles. The van der Waals surface area contributed by atoms with Crippen LogP contribution in [-0.2, 0) is 9.47 Å². The molecule has 5 atom stereocenters. The normalized spacial score (nSPS) is 23.1. The third kappa shape index (κ3) is 4.53. The summed E-state index contributed by atoms with van der Waals surface area (Å²) >= 11 is 0. The average Bonchev–Trinajstić information content (AvgIpc) is 3.12. The number of ketones is 1. The Labute approximate surface area is 187 Å². The Bertz CT molecular complexity index is 1200. The van der Waals surface area contributed by atoms with Crippen molar-refractivity contribution < 1.29 is 29.3 Å². The predicted molar refractivity (Wildman–Crippen MR) is 115 cm³/mol. The smallest absolute Gasteiger partial charge is 0.351 e. The van der Waals surface area contributed by atoms with Crippen LogP contribution >= 0.6 is 0 Å². The fourth-order valence-electron chi connectivity index (χ4n) is 3.58. The minimum absolute atomic E-state index is 0.0326. The van der Waals surface area contributed by atoms with Gasteiger partial charge in [-0.1, -0.05) is 48.5 Å². The van der Waals surface area contributed by atoms with Gasteiger partial charge in [0, 0.05) is 11.8 Å². The van der Waals surface area contributed by atoms with Crippen molar-refractivity contribution in [3.63, 3.8) is 0 Å². The largest absolute Gasteiger partial charge is 0.447 e. The highest BCUT2D eigenvalue weighted by Crippen LogP contribution is 2.32. The molecule has 3 aromatic rings. The van der Waals surface area contributed by atoms with Gasteiger partial charge in [0.1, 0.15) is 24.1 Å². The van der Waals surface area contributed by atoms with Crippen molar-refractivity contribution in [3.05, 3.63) is 94.5 Å². The van der Waals surface area contributed by atoms with E-state index in [4.69, 9.17) is 15.2 Å². The van der Waals surface area contributed by atoms with Crippen LogP contribution in [0.1, 0.15) is 26.9 Å². The molecule has 10 nitrogen and oxygen atoms in total. The van der Waals surface area contributed by atoms with Gasteiger partial charge in [0.2, 0.25) is 5.78 Å². The van der Waals surface area contributed by atoms with E-state index in [1.54, 1.807) is 36.4 Å². The van der Waals surface area contributed by atoms with Crippen LogP contribution in [0.3, 0.4) is 0 Å². The van der Waals surface area contributed by atoms with Gasteiger partial charge in [0.15, 0.2) is 12.3 Å². The number of nitrogens with zero attached hydrogens (tertiary/aromatic N) is 2. The van der Waals surface area contributed by atoms with Crippen LogP contribution in [-0.4, -0.2) is 55.9 Å².